The number of methoxy groups -OCH3 is 1. The third-order valence-corrected chi connectivity index (χ3v) is 9.83. The lowest BCUT2D eigenvalue weighted by molar-refractivity contribution is -0.140. The molecule has 0 saturated heterocycles. The third-order valence-electron chi connectivity index (χ3n) is 8.06. The Morgan fingerprint density at radius 2 is 1.67 bits per heavy atom. The van der Waals surface area contributed by atoms with Crippen molar-refractivity contribution in [2.24, 2.45) is 0 Å². The number of amides is 2. The van der Waals surface area contributed by atoms with Crippen LogP contribution in [-0.2, 0) is 26.2 Å². The Balaban J connectivity index is 1.73. The summed E-state index contributed by atoms with van der Waals surface area (Å²) in [6, 6.07) is 20.2. The molecule has 230 valence electrons. The zero-order valence-electron chi connectivity index (χ0n) is 25.6. The number of hydrogen-bond donors (Lipinski definition) is 1. The minimum Gasteiger partial charge on any atom is -0.497 e. The molecule has 4 rings (SSSR count). The van der Waals surface area contributed by atoms with E-state index in [1.807, 2.05) is 57.2 Å². The van der Waals surface area contributed by atoms with Gasteiger partial charge in [0.1, 0.15) is 18.3 Å². The van der Waals surface area contributed by atoms with Crippen LogP contribution in [0.2, 0.25) is 0 Å². The molecule has 3 aromatic rings. The molecule has 1 saturated carbocycles. The Hall–Kier alpha value is -3.85. The van der Waals surface area contributed by atoms with Gasteiger partial charge in [0, 0.05) is 12.6 Å². The minimum atomic E-state index is -4.11. The van der Waals surface area contributed by atoms with Gasteiger partial charge in [0.15, 0.2) is 0 Å². The first-order chi connectivity index (χ1) is 20.6. The van der Waals surface area contributed by atoms with Gasteiger partial charge in [-0.3, -0.25) is 13.9 Å². The predicted octanol–water partition coefficient (Wildman–Crippen LogP) is 5.76. The first kappa shape index (κ1) is 32.1. The van der Waals surface area contributed by atoms with E-state index in [1.165, 1.54) is 21.3 Å². The Morgan fingerprint density at radius 3 is 2.33 bits per heavy atom. The van der Waals surface area contributed by atoms with Gasteiger partial charge >= 0.3 is 0 Å². The number of nitrogens with zero attached hydrogens (tertiary/aromatic N) is 2. The summed E-state index contributed by atoms with van der Waals surface area (Å²) in [5.41, 5.74) is 2.91. The zero-order chi connectivity index (χ0) is 31.0. The molecule has 2 amide bonds. The van der Waals surface area contributed by atoms with Crippen LogP contribution in [0.1, 0.15) is 62.1 Å². The molecule has 0 bridgehead atoms. The summed E-state index contributed by atoms with van der Waals surface area (Å²) >= 11 is 0. The highest BCUT2D eigenvalue weighted by Gasteiger charge is 2.35. The van der Waals surface area contributed by atoms with Gasteiger partial charge in [-0.15, -0.1) is 0 Å². The first-order valence-electron chi connectivity index (χ1n) is 15.0. The number of hydrogen-bond acceptors (Lipinski definition) is 5. The number of ether oxygens (including phenoxy) is 1. The lowest BCUT2D eigenvalue weighted by atomic mass is 9.95. The molecule has 8 nitrogen and oxygen atoms in total. The first-order valence-corrected chi connectivity index (χ1v) is 16.5. The van der Waals surface area contributed by atoms with Crippen molar-refractivity contribution >= 4 is 27.5 Å². The Morgan fingerprint density at radius 1 is 0.953 bits per heavy atom. The van der Waals surface area contributed by atoms with Gasteiger partial charge < -0.3 is 15.0 Å². The fourth-order valence-electron chi connectivity index (χ4n) is 5.75. The van der Waals surface area contributed by atoms with Crippen molar-refractivity contribution in [2.75, 3.05) is 18.0 Å². The van der Waals surface area contributed by atoms with Crippen molar-refractivity contribution in [2.45, 2.75) is 82.8 Å². The van der Waals surface area contributed by atoms with E-state index in [0.717, 1.165) is 48.8 Å². The molecule has 1 N–H and O–H groups in total. The van der Waals surface area contributed by atoms with E-state index >= 15 is 0 Å². The average Bonchev–Trinajstić information content (AvgIpc) is 3.01. The summed E-state index contributed by atoms with van der Waals surface area (Å²) < 4.78 is 34.7. The molecule has 0 aliphatic heterocycles. The quantitative estimate of drug-likeness (QED) is 0.283. The summed E-state index contributed by atoms with van der Waals surface area (Å²) in [7, 11) is -2.54. The normalized spacial score (nSPS) is 14.5. The molecule has 43 heavy (non-hydrogen) atoms. The molecule has 1 aliphatic carbocycles. The highest BCUT2D eigenvalue weighted by Crippen LogP contribution is 2.29. The number of benzene rings is 3. The monoisotopic (exact) mass is 605 g/mol. The van der Waals surface area contributed by atoms with Crippen molar-refractivity contribution in [1.29, 1.82) is 0 Å². The second-order valence-corrected chi connectivity index (χ2v) is 13.1. The molecule has 0 radical (unpaired) electrons. The standard InChI is InChI=1S/C34H43N3O5S/c1-5-31(34(39)35-28-14-8-6-9-15-28)36(23-27-13-12-16-29(22-27)42-4)33(38)24-37(32-20-19-25(2)21-26(32)3)43(40,41)30-17-10-7-11-18-30/h7,10-13,16-22,28,31H,5-6,8-9,14-15,23-24H2,1-4H3,(H,35,39)/t31-/m1/s1. The van der Waals surface area contributed by atoms with Crippen LogP contribution in [0.5, 0.6) is 5.75 Å². The molecule has 1 aliphatic rings. The minimum absolute atomic E-state index is 0.0780. The number of aryl methyl sites for hydroxylation is 2. The number of anilines is 1. The second kappa shape index (κ2) is 14.6. The Bertz CT molecular complexity index is 1500. The van der Waals surface area contributed by atoms with Crippen LogP contribution >= 0.6 is 0 Å². The van der Waals surface area contributed by atoms with Gasteiger partial charge in [0.05, 0.1) is 17.7 Å². The molecule has 1 fully saturated rings. The van der Waals surface area contributed by atoms with Crippen molar-refractivity contribution in [3.05, 3.63) is 89.5 Å². The number of sulfonamides is 1. The van der Waals surface area contributed by atoms with Crippen LogP contribution in [0.15, 0.2) is 77.7 Å². The van der Waals surface area contributed by atoms with Crippen LogP contribution < -0.4 is 14.4 Å². The van der Waals surface area contributed by atoms with Gasteiger partial charge in [0.25, 0.3) is 10.0 Å². The fraction of sp³-hybridized carbons (Fsp3) is 0.412. The smallest absolute Gasteiger partial charge is 0.264 e. The lowest BCUT2D eigenvalue weighted by Gasteiger charge is -2.34. The maximum atomic E-state index is 14.3. The van der Waals surface area contributed by atoms with E-state index in [4.69, 9.17) is 4.74 Å². The van der Waals surface area contributed by atoms with E-state index < -0.39 is 28.5 Å². The molecule has 0 unspecified atom stereocenters. The zero-order valence-corrected chi connectivity index (χ0v) is 26.4. The summed E-state index contributed by atoms with van der Waals surface area (Å²) in [4.78, 5) is 29.7. The van der Waals surface area contributed by atoms with Gasteiger partial charge in [0.2, 0.25) is 11.8 Å². The summed E-state index contributed by atoms with van der Waals surface area (Å²) in [6.45, 7) is 5.31. The van der Waals surface area contributed by atoms with Crippen molar-refractivity contribution in [1.82, 2.24) is 10.2 Å². The van der Waals surface area contributed by atoms with Crippen LogP contribution in [-0.4, -0.2) is 50.9 Å². The molecule has 0 heterocycles. The molecule has 0 aromatic heterocycles. The largest absolute Gasteiger partial charge is 0.497 e. The average molecular weight is 606 g/mol. The topological polar surface area (TPSA) is 96.0 Å². The number of rotatable bonds is 12. The van der Waals surface area contributed by atoms with Crippen molar-refractivity contribution in [3.8, 4) is 5.75 Å². The lowest BCUT2D eigenvalue weighted by Crippen LogP contribution is -2.54. The van der Waals surface area contributed by atoms with E-state index in [1.54, 1.807) is 31.4 Å². The van der Waals surface area contributed by atoms with Gasteiger partial charge in [-0.2, -0.15) is 0 Å². The van der Waals surface area contributed by atoms with Crippen LogP contribution in [0.4, 0.5) is 5.69 Å². The molecular weight excluding hydrogens is 562 g/mol. The van der Waals surface area contributed by atoms with Crippen LogP contribution in [0.25, 0.3) is 0 Å². The predicted molar refractivity (Wildman–Crippen MR) is 170 cm³/mol. The van der Waals surface area contributed by atoms with E-state index in [0.29, 0.717) is 17.9 Å². The third kappa shape index (κ3) is 7.96. The SMILES string of the molecule is CC[C@H](C(=O)NC1CCCCC1)N(Cc1cccc(OC)c1)C(=O)CN(c1ccc(C)cc1C)S(=O)(=O)c1ccccc1. The van der Waals surface area contributed by atoms with Crippen LogP contribution in [0.3, 0.4) is 0 Å². The van der Waals surface area contributed by atoms with Gasteiger partial charge in [-0.25, -0.2) is 8.42 Å². The summed E-state index contributed by atoms with van der Waals surface area (Å²) in [6.07, 6.45) is 5.51. The number of nitrogens with one attached hydrogen (secondary N) is 1. The second-order valence-electron chi connectivity index (χ2n) is 11.3. The van der Waals surface area contributed by atoms with Crippen LogP contribution in [0, 0.1) is 13.8 Å². The fourth-order valence-corrected chi connectivity index (χ4v) is 7.25. The maximum Gasteiger partial charge on any atom is 0.264 e. The molecule has 9 heteroatoms. The highest BCUT2D eigenvalue weighted by atomic mass is 32.2. The Labute approximate surface area is 256 Å². The van der Waals surface area contributed by atoms with E-state index in [-0.39, 0.29) is 23.4 Å². The van der Waals surface area contributed by atoms with E-state index in [2.05, 4.69) is 5.32 Å². The summed E-state index contributed by atoms with van der Waals surface area (Å²) in [5, 5.41) is 3.18. The molecule has 1 atom stereocenters. The highest BCUT2D eigenvalue weighted by molar-refractivity contribution is 7.92. The molecular formula is C34H43N3O5S. The van der Waals surface area contributed by atoms with Gasteiger partial charge in [-0.1, -0.05) is 74.2 Å². The molecule has 3 aromatic carbocycles. The Kier molecular flexibility index (Phi) is 10.9. The van der Waals surface area contributed by atoms with Crippen molar-refractivity contribution < 1.29 is 22.7 Å². The summed E-state index contributed by atoms with van der Waals surface area (Å²) in [5.74, 6) is -0.0456. The number of carbonyl (C=O) groups excluding carboxylic acids is 2. The maximum absolute atomic E-state index is 14.3. The molecule has 0 spiro atoms. The van der Waals surface area contributed by atoms with E-state index in [9.17, 15) is 18.0 Å². The number of carbonyl (C=O) groups is 2. The van der Waals surface area contributed by atoms with Gasteiger partial charge in [-0.05, 0) is 74.6 Å². The van der Waals surface area contributed by atoms with Crippen molar-refractivity contribution in [3.63, 3.8) is 0 Å².